The highest BCUT2D eigenvalue weighted by Gasteiger charge is 2.43. The molecule has 1 aromatic heterocycles. The summed E-state index contributed by atoms with van der Waals surface area (Å²) in [4.78, 5) is 18.8. The van der Waals surface area contributed by atoms with E-state index in [1.54, 1.807) is 6.20 Å². The van der Waals surface area contributed by atoms with Gasteiger partial charge in [-0.25, -0.2) is 0 Å². The lowest BCUT2D eigenvalue weighted by Gasteiger charge is -2.36. The summed E-state index contributed by atoms with van der Waals surface area (Å²) >= 11 is 0. The quantitative estimate of drug-likeness (QED) is 0.813. The summed E-state index contributed by atoms with van der Waals surface area (Å²) in [5, 5.41) is 0. The number of nitrogens with zero attached hydrogens (tertiary/aromatic N) is 2. The molecule has 0 bridgehead atoms. The first-order valence-electron chi connectivity index (χ1n) is 9.31. The average molecular weight is 346 g/mol. The van der Waals surface area contributed by atoms with Gasteiger partial charge in [-0.1, -0.05) is 6.07 Å². The van der Waals surface area contributed by atoms with Crippen molar-refractivity contribution in [3.63, 3.8) is 0 Å². The van der Waals surface area contributed by atoms with Crippen LogP contribution in [-0.2, 0) is 25.6 Å². The van der Waals surface area contributed by atoms with E-state index in [1.807, 2.05) is 18.3 Å². The van der Waals surface area contributed by atoms with Gasteiger partial charge in [-0.15, -0.1) is 0 Å². The molecule has 0 unspecified atom stereocenters. The molecule has 3 aliphatic rings. The predicted molar refractivity (Wildman–Crippen MR) is 90.8 cm³/mol. The average Bonchev–Trinajstić information content (AvgIpc) is 3.32. The van der Waals surface area contributed by atoms with Crippen LogP contribution in [0.15, 0.2) is 24.5 Å². The van der Waals surface area contributed by atoms with E-state index in [9.17, 15) is 4.79 Å². The number of carbonyl (C=O) groups excluding carboxylic acids is 1. The maximum absolute atomic E-state index is 12.7. The maximum Gasteiger partial charge on any atom is 0.228 e. The Labute approximate surface area is 148 Å². The van der Waals surface area contributed by atoms with Gasteiger partial charge in [0.05, 0.1) is 44.0 Å². The van der Waals surface area contributed by atoms with Gasteiger partial charge in [0.15, 0.2) is 0 Å². The number of ether oxygens (including phenoxy) is 3. The van der Waals surface area contributed by atoms with Gasteiger partial charge < -0.3 is 19.1 Å². The molecule has 0 radical (unpaired) electrons. The molecule has 0 N–H and O–H groups in total. The van der Waals surface area contributed by atoms with Gasteiger partial charge in [-0.3, -0.25) is 9.78 Å². The fourth-order valence-corrected chi connectivity index (χ4v) is 4.15. The van der Waals surface area contributed by atoms with Crippen molar-refractivity contribution in [2.24, 2.45) is 5.92 Å². The molecule has 3 fully saturated rings. The van der Waals surface area contributed by atoms with Crippen LogP contribution in [0, 0.1) is 5.92 Å². The molecule has 1 amide bonds. The minimum atomic E-state index is 0.0549. The number of pyridine rings is 1. The lowest BCUT2D eigenvalue weighted by atomic mass is 9.98. The zero-order valence-electron chi connectivity index (χ0n) is 14.5. The van der Waals surface area contributed by atoms with Gasteiger partial charge >= 0.3 is 0 Å². The molecule has 136 valence electrons. The smallest absolute Gasteiger partial charge is 0.228 e. The summed E-state index contributed by atoms with van der Waals surface area (Å²) in [5.74, 6) is 0.319. The SMILES string of the molecule is O=C([C@H]1CCOC1)N1CC[C@@H]2O[C@H](COCc3cccnc3)CC[C@@H]21. The predicted octanol–water partition coefficient (Wildman–Crippen LogP) is 1.78. The first kappa shape index (κ1) is 16.9. The highest BCUT2D eigenvalue weighted by Crippen LogP contribution is 2.33. The zero-order valence-corrected chi connectivity index (χ0v) is 14.5. The van der Waals surface area contributed by atoms with Crippen LogP contribution < -0.4 is 0 Å². The van der Waals surface area contributed by atoms with Crippen LogP contribution >= 0.6 is 0 Å². The van der Waals surface area contributed by atoms with Crippen molar-refractivity contribution in [1.82, 2.24) is 9.88 Å². The summed E-state index contributed by atoms with van der Waals surface area (Å²) in [6.07, 6.45) is 7.62. The molecular formula is C19H26N2O4. The van der Waals surface area contributed by atoms with E-state index in [-0.39, 0.29) is 30.1 Å². The molecule has 6 nitrogen and oxygen atoms in total. The summed E-state index contributed by atoms with van der Waals surface area (Å²) in [7, 11) is 0. The first-order valence-corrected chi connectivity index (χ1v) is 9.31. The second-order valence-electron chi connectivity index (χ2n) is 7.20. The van der Waals surface area contributed by atoms with Gasteiger partial charge in [0.2, 0.25) is 5.91 Å². The molecule has 6 heteroatoms. The van der Waals surface area contributed by atoms with E-state index in [4.69, 9.17) is 14.2 Å². The molecule has 1 aromatic rings. The number of hydrogen-bond acceptors (Lipinski definition) is 5. The van der Waals surface area contributed by atoms with Gasteiger partial charge in [0.1, 0.15) is 0 Å². The summed E-state index contributed by atoms with van der Waals surface area (Å²) in [6, 6.07) is 4.17. The molecule has 3 saturated heterocycles. The van der Waals surface area contributed by atoms with Gasteiger partial charge in [-0.05, 0) is 37.3 Å². The number of fused-ring (bicyclic) bond motifs is 1. The zero-order chi connectivity index (χ0) is 17.1. The van der Waals surface area contributed by atoms with E-state index in [0.29, 0.717) is 26.4 Å². The van der Waals surface area contributed by atoms with Crippen molar-refractivity contribution >= 4 is 5.91 Å². The van der Waals surface area contributed by atoms with Crippen LogP contribution in [0.25, 0.3) is 0 Å². The molecule has 0 spiro atoms. The van der Waals surface area contributed by atoms with Crippen molar-refractivity contribution in [1.29, 1.82) is 0 Å². The fourth-order valence-electron chi connectivity index (χ4n) is 4.15. The molecule has 0 aliphatic carbocycles. The maximum atomic E-state index is 12.7. The van der Waals surface area contributed by atoms with Gasteiger partial charge in [0.25, 0.3) is 0 Å². The summed E-state index contributed by atoms with van der Waals surface area (Å²) in [5.41, 5.74) is 1.08. The van der Waals surface area contributed by atoms with Crippen LogP contribution in [0.2, 0.25) is 0 Å². The number of rotatable bonds is 5. The summed E-state index contributed by atoms with van der Waals surface area (Å²) in [6.45, 7) is 3.27. The van der Waals surface area contributed by atoms with Crippen molar-refractivity contribution in [3.05, 3.63) is 30.1 Å². The van der Waals surface area contributed by atoms with Crippen molar-refractivity contribution in [2.75, 3.05) is 26.4 Å². The summed E-state index contributed by atoms with van der Waals surface area (Å²) < 4.78 is 17.4. The fraction of sp³-hybridized carbons (Fsp3) is 0.684. The van der Waals surface area contributed by atoms with E-state index in [0.717, 1.165) is 37.8 Å². The molecule has 25 heavy (non-hydrogen) atoms. The Hall–Kier alpha value is -1.50. The second-order valence-corrected chi connectivity index (χ2v) is 7.20. The Morgan fingerprint density at radius 3 is 3.08 bits per heavy atom. The lowest BCUT2D eigenvalue weighted by Crippen LogP contribution is -2.47. The number of carbonyl (C=O) groups is 1. The Balaban J connectivity index is 1.25. The monoisotopic (exact) mass is 346 g/mol. The topological polar surface area (TPSA) is 60.9 Å². The van der Waals surface area contributed by atoms with Gasteiger partial charge in [-0.2, -0.15) is 0 Å². The van der Waals surface area contributed by atoms with Crippen LogP contribution in [0.1, 0.15) is 31.2 Å². The number of hydrogen-bond donors (Lipinski definition) is 0. The third-order valence-electron chi connectivity index (χ3n) is 5.49. The van der Waals surface area contributed by atoms with E-state index >= 15 is 0 Å². The minimum absolute atomic E-state index is 0.0549. The minimum Gasteiger partial charge on any atom is -0.381 e. The van der Waals surface area contributed by atoms with Crippen LogP contribution in [0.5, 0.6) is 0 Å². The first-order chi connectivity index (χ1) is 12.3. The molecule has 0 aromatic carbocycles. The highest BCUT2D eigenvalue weighted by molar-refractivity contribution is 5.80. The van der Waals surface area contributed by atoms with E-state index < -0.39 is 0 Å². The van der Waals surface area contributed by atoms with Crippen LogP contribution in [-0.4, -0.2) is 60.4 Å². The Bertz CT molecular complexity index is 576. The Kier molecular flexibility index (Phi) is 5.29. The molecule has 3 aliphatic heterocycles. The number of likely N-dealkylation sites (tertiary alicyclic amines) is 1. The third-order valence-corrected chi connectivity index (χ3v) is 5.49. The van der Waals surface area contributed by atoms with Crippen LogP contribution in [0.3, 0.4) is 0 Å². The molecule has 4 rings (SSSR count). The Morgan fingerprint density at radius 2 is 2.28 bits per heavy atom. The third kappa shape index (κ3) is 3.86. The number of amides is 1. The molecule has 4 heterocycles. The van der Waals surface area contributed by atoms with Crippen LogP contribution in [0.4, 0.5) is 0 Å². The van der Waals surface area contributed by atoms with Gasteiger partial charge in [0, 0.05) is 25.5 Å². The molecular weight excluding hydrogens is 320 g/mol. The normalized spacial score (nSPS) is 31.9. The Morgan fingerprint density at radius 1 is 1.32 bits per heavy atom. The number of aromatic nitrogens is 1. The van der Waals surface area contributed by atoms with Crippen molar-refractivity contribution in [3.8, 4) is 0 Å². The van der Waals surface area contributed by atoms with Crippen molar-refractivity contribution < 1.29 is 19.0 Å². The second kappa shape index (κ2) is 7.81. The highest BCUT2D eigenvalue weighted by atomic mass is 16.5. The molecule has 0 saturated carbocycles. The standard InChI is InChI=1S/C19H26N2O4/c22-19(15-6-9-23-12-15)21-8-5-18-17(21)4-3-16(25-18)13-24-11-14-2-1-7-20-10-14/h1-2,7,10,15-18H,3-6,8-9,11-13H2/t15-,16-,17-,18-/m0/s1. The van der Waals surface area contributed by atoms with E-state index in [1.165, 1.54) is 0 Å². The largest absolute Gasteiger partial charge is 0.381 e. The van der Waals surface area contributed by atoms with Crippen molar-refractivity contribution in [2.45, 2.75) is 50.5 Å². The van der Waals surface area contributed by atoms with E-state index in [2.05, 4.69) is 9.88 Å². The molecule has 4 atom stereocenters. The lowest BCUT2D eigenvalue weighted by molar-refractivity contribution is -0.143.